The maximum absolute atomic E-state index is 10.7. The Morgan fingerprint density at radius 3 is 2.68 bits per heavy atom. The lowest BCUT2D eigenvalue weighted by molar-refractivity contribution is 0.249. The molecule has 7 heteroatoms. The Balaban J connectivity index is 2.21. The summed E-state index contributed by atoms with van der Waals surface area (Å²) in [6, 6.07) is 12.8. The lowest BCUT2D eigenvalue weighted by atomic mass is 10.2. The molecule has 2 rings (SSSR count). The molecule has 0 aliphatic heterocycles. The van der Waals surface area contributed by atoms with Crippen LogP contribution in [0.5, 0.6) is 5.75 Å². The zero-order valence-corrected chi connectivity index (χ0v) is 14.6. The fourth-order valence-corrected chi connectivity index (χ4v) is 3.10. The van der Waals surface area contributed by atoms with Crippen molar-refractivity contribution >= 4 is 44.1 Å². The summed E-state index contributed by atoms with van der Waals surface area (Å²) in [6.45, 7) is 0.422. The number of hydrogen-bond donors (Lipinski definition) is 2. The van der Waals surface area contributed by atoms with Crippen molar-refractivity contribution in [1.82, 2.24) is 5.43 Å². The molecule has 2 amide bonds. The SMILES string of the molecule is NC(=O)N/N=C\c1cc(Br)cc(Br)c1OCc1ccccc1. The number of hydrazone groups is 1. The van der Waals surface area contributed by atoms with Crippen LogP contribution in [-0.2, 0) is 6.61 Å². The third-order valence-electron chi connectivity index (χ3n) is 2.64. The number of hydrogen-bond acceptors (Lipinski definition) is 3. The number of primary amides is 1. The highest BCUT2D eigenvalue weighted by Crippen LogP contribution is 2.32. The molecule has 0 unspecified atom stereocenters. The van der Waals surface area contributed by atoms with E-state index in [2.05, 4.69) is 42.4 Å². The molecule has 5 nitrogen and oxygen atoms in total. The molecule has 0 bridgehead atoms. The second-order valence-electron chi connectivity index (χ2n) is 4.31. The Hall–Kier alpha value is -1.86. The second kappa shape index (κ2) is 7.95. The van der Waals surface area contributed by atoms with E-state index in [-0.39, 0.29) is 0 Å². The molecule has 0 fully saturated rings. The summed E-state index contributed by atoms with van der Waals surface area (Å²) in [7, 11) is 0. The quantitative estimate of drug-likeness (QED) is 0.563. The predicted molar refractivity (Wildman–Crippen MR) is 92.9 cm³/mol. The molecule has 3 N–H and O–H groups in total. The minimum absolute atomic E-state index is 0.422. The van der Waals surface area contributed by atoms with Crippen LogP contribution >= 0.6 is 31.9 Å². The molecule has 2 aromatic rings. The molecule has 0 atom stereocenters. The average molecular weight is 427 g/mol. The number of nitrogens with two attached hydrogens (primary N) is 1. The minimum Gasteiger partial charge on any atom is -0.487 e. The molecule has 0 aromatic heterocycles. The van der Waals surface area contributed by atoms with E-state index < -0.39 is 6.03 Å². The van der Waals surface area contributed by atoms with Gasteiger partial charge in [-0.3, -0.25) is 0 Å². The Labute approximate surface area is 144 Å². The highest BCUT2D eigenvalue weighted by Gasteiger charge is 2.09. The zero-order chi connectivity index (χ0) is 15.9. The van der Waals surface area contributed by atoms with Crippen LogP contribution in [0.25, 0.3) is 0 Å². The van der Waals surface area contributed by atoms with Gasteiger partial charge in [-0.05, 0) is 33.6 Å². The lowest BCUT2D eigenvalue weighted by Gasteiger charge is -2.12. The van der Waals surface area contributed by atoms with E-state index in [1.807, 2.05) is 42.5 Å². The lowest BCUT2D eigenvalue weighted by Crippen LogP contribution is -2.24. The minimum atomic E-state index is -0.725. The summed E-state index contributed by atoms with van der Waals surface area (Å²) in [5.74, 6) is 0.627. The van der Waals surface area contributed by atoms with Crippen molar-refractivity contribution in [2.75, 3.05) is 0 Å². The smallest absolute Gasteiger partial charge is 0.332 e. The third kappa shape index (κ3) is 4.85. The Bertz CT molecular complexity index is 691. The fraction of sp³-hybridized carbons (Fsp3) is 0.0667. The standard InChI is InChI=1S/C15H13Br2N3O2/c16-12-6-11(8-19-20-15(18)21)14(13(17)7-12)22-9-10-4-2-1-3-5-10/h1-8H,9H2,(H3,18,20,21)/b19-8-. The molecule has 0 aliphatic carbocycles. The van der Waals surface area contributed by atoms with Gasteiger partial charge in [0.15, 0.2) is 0 Å². The number of carbonyl (C=O) groups excluding carboxylic acids is 1. The van der Waals surface area contributed by atoms with Gasteiger partial charge in [0.05, 0.1) is 10.7 Å². The van der Waals surface area contributed by atoms with Crippen molar-refractivity contribution in [1.29, 1.82) is 0 Å². The van der Waals surface area contributed by atoms with Crippen LogP contribution in [0, 0.1) is 0 Å². The van der Waals surface area contributed by atoms with Gasteiger partial charge in [-0.25, -0.2) is 10.2 Å². The molecule has 0 radical (unpaired) electrons. The molecule has 0 spiro atoms. The van der Waals surface area contributed by atoms with Gasteiger partial charge in [-0.2, -0.15) is 5.10 Å². The Morgan fingerprint density at radius 2 is 2.00 bits per heavy atom. The van der Waals surface area contributed by atoms with Crippen LogP contribution in [0.3, 0.4) is 0 Å². The normalized spacial score (nSPS) is 10.6. The summed E-state index contributed by atoms with van der Waals surface area (Å²) >= 11 is 6.87. The number of halogens is 2. The van der Waals surface area contributed by atoms with E-state index >= 15 is 0 Å². The fourth-order valence-electron chi connectivity index (χ4n) is 1.72. The first-order valence-corrected chi connectivity index (χ1v) is 7.89. The molecule has 0 heterocycles. The molecule has 114 valence electrons. The van der Waals surface area contributed by atoms with Gasteiger partial charge in [0.2, 0.25) is 0 Å². The summed E-state index contributed by atoms with van der Waals surface area (Å²) in [5.41, 5.74) is 8.88. The summed E-state index contributed by atoms with van der Waals surface area (Å²) in [6.07, 6.45) is 1.47. The Morgan fingerprint density at radius 1 is 1.27 bits per heavy atom. The van der Waals surface area contributed by atoms with Crippen LogP contribution in [0.4, 0.5) is 4.79 Å². The second-order valence-corrected chi connectivity index (χ2v) is 6.08. The van der Waals surface area contributed by atoms with Gasteiger partial charge in [-0.1, -0.05) is 46.3 Å². The van der Waals surface area contributed by atoms with Gasteiger partial charge in [0.25, 0.3) is 0 Å². The molecule has 0 saturated heterocycles. The number of nitrogens with zero attached hydrogens (tertiary/aromatic N) is 1. The van der Waals surface area contributed by atoms with E-state index in [4.69, 9.17) is 10.5 Å². The number of carbonyl (C=O) groups is 1. The van der Waals surface area contributed by atoms with E-state index in [0.717, 1.165) is 14.5 Å². The molecule has 0 aliphatic rings. The van der Waals surface area contributed by atoms with Crippen molar-refractivity contribution in [3.63, 3.8) is 0 Å². The third-order valence-corrected chi connectivity index (χ3v) is 3.69. The Kier molecular flexibility index (Phi) is 5.97. The first kappa shape index (κ1) is 16.5. The predicted octanol–water partition coefficient (Wildman–Crippen LogP) is 3.79. The molecule has 0 saturated carbocycles. The van der Waals surface area contributed by atoms with Gasteiger partial charge >= 0.3 is 6.03 Å². The number of rotatable bonds is 5. The van der Waals surface area contributed by atoms with Gasteiger partial charge in [0, 0.05) is 10.0 Å². The van der Waals surface area contributed by atoms with E-state index in [9.17, 15) is 4.79 Å². The van der Waals surface area contributed by atoms with Crippen LogP contribution in [-0.4, -0.2) is 12.2 Å². The van der Waals surface area contributed by atoms with Crippen molar-refractivity contribution < 1.29 is 9.53 Å². The summed E-state index contributed by atoms with van der Waals surface area (Å²) in [4.78, 5) is 10.7. The highest BCUT2D eigenvalue weighted by atomic mass is 79.9. The topological polar surface area (TPSA) is 76.7 Å². The summed E-state index contributed by atoms with van der Waals surface area (Å²) < 4.78 is 7.49. The monoisotopic (exact) mass is 425 g/mol. The number of urea groups is 1. The number of nitrogens with one attached hydrogen (secondary N) is 1. The van der Waals surface area contributed by atoms with E-state index in [1.54, 1.807) is 0 Å². The van der Waals surface area contributed by atoms with Crippen molar-refractivity contribution in [3.8, 4) is 5.75 Å². The van der Waals surface area contributed by atoms with Crippen molar-refractivity contribution in [2.24, 2.45) is 10.8 Å². The van der Waals surface area contributed by atoms with E-state index in [0.29, 0.717) is 17.9 Å². The number of amides is 2. The van der Waals surface area contributed by atoms with Crippen LogP contribution in [0.15, 0.2) is 56.5 Å². The molecule has 2 aromatic carbocycles. The average Bonchev–Trinajstić information content (AvgIpc) is 2.47. The van der Waals surface area contributed by atoms with Crippen LogP contribution in [0.1, 0.15) is 11.1 Å². The maximum Gasteiger partial charge on any atom is 0.332 e. The first-order valence-electron chi connectivity index (χ1n) is 6.30. The maximum atomic E-state index is 10.7. The first-order chi connectivity index (χ1) is 10.6. The van der Waals surface area contributed by atoms with Gasteiger partial charge in [-0.15, -0.1) is 0 Å². The van der Waals surface area contributed by atoms with E-state index in [1.165, 1.54) is 6.21 Å². The van der Waals surface area contributed by atoms with Crippen molar-refractivity contribution in [2.45, 2.75) is 6.61 Å². The van der Waals surface area contributed by atoms with Crippen LogP contribution in [0.2, 0.25) is 0 Å². The highest BCUT2D eigenvalue weighted by molar-refractivity contribution is 9.11. The van der Waals surface area contributed by atoms with Gasteiger partial charge in [0.1, 0.15) is 12.4 Å². The van der Waals surface area contributed by atoms with Crippen molar-refractivity contribution in [3.05, 3.63) is 62.5 Å². The van der Waals surface area contributed by atoms with Crippen LogP contribution < -0.4 is 15.9 Å². The summed E-state index contributed by atoms with van der Waals surface area (Å²) in [5, 5.41) is 3.77. The van der Waals surface area contributed by atoms with Gasteiger partial charge < -0.3 is 10.5 Å². The largest absolute Gasteiger partial charge is 0.487 e. The molecule has 22 heavy (non-hydrogen) atoms. The number of benzene rings is 2. The number of ether oxygens (including phenoxy) is 1. The molecular weight excluding hydrogens is 414 g/mol. The zero-order valence-electron chi connectivity index (χ0n) is 11.4. The molecular formula is C15H13Br2N3O2.